The van der Waals surface area contributed by atoms with Crippen LogP contribution < -0.4 is 0 Å². The van der Waals surface area contributed by atoms with Gasteiger partial charge in [0.1, 0.15) is 0 Å². The fourth-order valence-corrected chi connectivity index (χ4v) is 1.10. The van der Waals surface area contributed by atoms with E-state index >= 15 is 0 Å². The number of rotatable bonds is 5. The van der Waals surface area contributed by atoms with E-state index in [-0.39, 0.29) is 0 Å². The van der Waals surface area contributed by atoms with Crippen LogP contribution in [0.5, 0.6) is 0 Å². The molecule has 0 spiro atoms. The van der Waals surface area contributed by atoms with Crippen LogP contribution in [0.15, 0.2) is 24.4 Å². The number of hydrogen-bond donors (Lipinski definition) is 0. The minimum atomic E-state index is 0.854. The Morgan fingerprint density at radius 2 is 2.25 bits per heavy atom. The lowest BCUT2D eigenvalue weighted by atomic mass is 10.2. The number of methoxy groups -OCH3 is 1. The van der Waals surface area contributed by atoms with Crippen molar-refractivity contribution in [3.05, 3.63) is 30.1 Å². The number of nitrogens with zero attached hydrogens (tertiary/aromatic N) is 1. The molecular weight excluding hydrogens is 150 g/mol. The molecule has 0 aliphatic heterocycles. The average Bonchev–Trinajstić information content (AvgIpc) is 2.14. The van der Waals surface area contributed by atoms with Crippen molar-refractivity contribution in [3.63, 3.8) is 0 Å². The molecule has 0 saturated carbocycles. The molecule has 0 fully saturated rings. The zero-order valence-electron chi connectivity index (χ0n) is 7.49. The quantitative estimate of drug-likeness (QED) is 0.623. The third kappa shape index (κ3) is 3.49. The van der Waals surface area contributed by atoms with Gasteiger partial charge in [0.15, 0.2) is 0 Å². The molecule has 1 aromatic rings. The SMILES string of the molecule is COCCCCc1ccccn1. The van der Waals surface area contributed by atoms with Crippen LogP contribution in [0.1, 0.15) is 18.5 Å². The monoisotopic (exact) mass is 165 g/mol. The standard InChI is InChI=1S/C10H15NO/c1-12-9-5-3-7-10-6-2-4-8-11-10/h2,4,6,8H,3,5,7,9H2,1H3. The van der Waals surface area contributed by atoms with E-state index in [0.717, 1.165) is 25.9 Å². The fourth-order valence-electron chi connectivity index (χ4n) is 1.10. The zero-order valence-corrected chi connectivity index (χ0v) is 7.49. The van der Waals surface area contributed by atoms with Crippen LogP contribution in [0, 0.1) is 0 Å². The third-order valence-electron chi connectivity index (χ3n) is 1.76. The smallest absolute Gasteiger partial charge is 0.0462 e. The van der Waals surface area contributed by atoms with Gasteiger partial charge < -0.3 is 4.74 Å². The van der Waals surface area contributed by atoms with E-state index in [2.05, 4.69) is 11.1 Å². The lowest BCUT2D eigenvalue weighted by Crippen LogP contribution is -1.92. The zero-order chi connectivity index (χ0) is 8.65. The lowest BCUT2D eigenvalue weighted by Gasteiger charge is -1.99. The van der Waals surface area contributed by atoms with Crippen molar-refractivity contribution >= 4 is 0 Å². The first-order valence-corrected chi connectivity index (χ1v) is 4.32. The van der Waals surface area contributed by atoms with Gasteiger partial charge in [0.05, 0.1) is 0 Å². The molecule has 2 heteroatoms. The maximum absolute atomic E-state index is 4.96. The highest BCUT2D eigenvalue weighted by Gasteiger charge is 1.92. The molecule has 1 rings (SSSR count). The molecule has 0 amide bonds. The second-order valence-electron chi connectivity index (χ2n) is 2.77. The third-order valence-corrected chi connectivity index (χ3v) is 1.76. The summed E-state index contributed by atoms with van der Waals surface area (Å²) in [6, 6.07) is 6.03. The van der Waals surface area contributed by atoms with Crippen LogP contribution in [0.25, 0.3) is 0 Å². The lowest BCUT2D eigenvalue weighted by molar-refractivity contribution is 0.193. The Balaban J connectivity index is 2.16. The van der Waals surface area contributed by atoms with E-state index in [0.29, 0.717) is 0 Å². The number of ether oxygens (including phenoxy) is 1. The summed E-state index contributed by atoms with van der Waals surface area (Å²) in [5, 5.41) is 0. The van der Waals surface area contributed by atoms with Crippen molar-refractivity contribution in [2.45, 2.75) is 19.3 Å². The van der Waals surface area contributed by atoms with Gasteiger partial charge in [0.25, 0.3) is 0 Å². The van der Waals surface area contributed by atoms with Crippen molar-refractivity contribution in [2.75, 3.05) is 13.7 Å². The summed E-state index contributed by atoms with van der Waals surface area (Å²) in [5.74, 6) is 0. The molecule has 0 saturated heterocycles. The van der Waals surface area contributed by atoms with E-state index in [1.54, 1.807) is 7.11 Å². The summed E-state index contributed by atoms with van der Waals surface area (Å²) in [7, 11) is 1.74. The van der Waals surface area contributed by atoms with Gasteiger partial charge in [-0.1, -0.05) is 6.07 Å². The van der Waals surface area contributed by atoms with Gasteiger partial charge in [-0.05, 0) is 31.4 Å². The normalized spacial score (nSPS) is 10.1. The van der Waals surface area contributed by atoms with Gasteiger partial charge in [-0.3, -0.25) is 4.98 Å². The van der Waals surface area contributed by atoms with Crippen molar-refractivity contribution < 1.29 is 4.74 Å². The van der Waals surface area contributed by atoms with Gasteiger partial charge in [-0.25, -0.2) is 0 Å². The molecule has 0 radical (unpaired) electrons. The average molecular weight is 165 g/mol. The highest BCUT2D eigenvalue weighted by atomic mass is 16.5. The molecular formula is C10H15NO. The van der Waals surface area contributed by atoms with E-state index in [9.17, 15) is 0 Å². The van der Waals surface area contributed by atoms with Crippen LogP contribution in [0.4, 0.5) is 0 Å². The topological polar surface area (TPSA) is 22.1 Å². The van der Waals surface area contributed by atoms with Crippen LogP contribution >= 0.6 is 0 Å². The number of aromatic nitrogens is 1. The first-order chi connectivity index (χ1) is 5.93. The van der Waals surface area contributed by atoms with E-state index in [1.807, 2.05) is 18.3 Å². The molecule has 66 valence electrons. The van der Waals surface area contributed by atoms with Crippen molar-refractivity contribution in [3.8, 4) is 0 Å². The van der Waals surface area contributed by atoms with Gasteiger partial charge in [0.2, 0.25) is 0 Å². The molecule has 0 unspecified atom stereocenters. The van der Waals surface area contributed by atoms with Crippen LogP contribution in [0.3, 0.4) is 0 Å². The summed E-state index contributed by atoms with van der Waals surface area (Å²) in [4.78, 5) is 4.24. The second-order valence-corrected chi connectivity index (χ2v) is 2.77. The molecule has 0 aromatic carbocycles. The van der Waals surface area contributed by atoms with Crippen molar-refractivity contribution in [1.29, 1.82) is 0 Å². The summed E-state index contributed by atoms with van der Waals surface area (Å²) < 4.78 is 4.96. The van der Waals surface area contributed by atoms with Crippen LogP contribution in [-0.2, 0) is 11.2 Å². The highest BCUT2D eigenvalue weighted by Crippen LogP contribution is 2.00. The van der Waals surface area contributed by atoms with Gasteiger partial charge in [-0.2, -0.15) is 0 Å². The molecule has 2 nitrogen and oxygen atoms in total. The van der Waals surface area contributed by atoms with E-state index in [1.165, 1.54) is 5.69 Å². The van der Waals surface area contributed by atoms with Gasteiger partial charge in [0, 0.05) is 25.6 Å². The minimum absolute atomic E-state index is 0.854. The summed E-state index contributed by atoms with van der Waals surface area (Å²) in [5.41, 5.74) is 1.17. The Bertz CT molecular complexity index is 198. The highest BCUT2D eigenvalue weighted by molar-refractivity contribution is 5.03. The summed E-state index contributed by atoms with van der Waals surface area (Å²) in [6.45, 7) is 0.854. The minimum Gasteiger partial charge on any atom is -0.385 e. The van der Waals surface area contributed by atoms with Crippen molar-refractivity contribution in [1.82, 2.24) is 4.98 Å². The summed E-state index contributed by atoms with van der Waals surface area (Å²) >= 11 is 0. The Morgan fingerprint density at radius 1 is 1.33 bits per heavy atom. The molecule has 12 heavy (non-hydrogen) atoms. The maximum atomic E-state index is 4.96. The van der Waals surface area contributed by atoms with Crippen LogP contribution in [0.2, 0.25) is 0 Å². The number of hydrogen-bond acceptors (Lipinski definition) is 2. The predicted molar refractivity (Wildman–Crippen MR) is 49.1 cm³/mol. The number of aryl methyl sites for hydroxylation is 1. The molecule has 0 N–H and O–H groups in total. The second kappa shape index (κ2) is 5.72. The van der Waals surface area contributed by atoms with E-state index in [4.69, 9.17) is 4.74 Å². The number of unbranched alkanes of at least 4 members (excludes halogenated alkanes) is 1. The van der Waals surface area contributed by atoms with Crippen molar-refractivity contribution in [2.24, 2.45) is 0 Å². The predicted octanol–water partition coefficient (Wildman–Crippen LogP) is 2.05. The Morgan fingerprint density at radius 3 is 2.92 bits per heavy atom. The summed E-state index contributed by atoms with van der Waals surface area (Å²) in [6.07, 6.45) is 5.17. The van der Waals surface area contributed by atoms with Gasteiger partial charge >= 0.3 is 0 Å². The fraction of sp³-hybridized carbons (Fsp3) is 0.500. The Hall–Kier alpha value is -0.890. The molecule has 1 aromatic heterocycles. The molecule has 0 atom stereocenters. The largest absolute Gasteiger partial charge is 0.385 e. The first-order valence-electron chi connectivity index (χ1n) is 4.32. The molecule has 1 heterocycles. The molecule has 0 aliphatic rings. The molecule has 0 aliphatic carbocycles. The number of pyridine rings is 1. The maximum Gasteiger partial charge on any atom is 0.0462 e. The van der Waals surface area contributed by atoms with Crippen LogP contribution in [-0.4, -0.2) is 18.7 Å². The molecule has 0 bridgehead atoms. The Kier molecular flexibility index (Phi) is 4.39. The van der Waals surface area contributed by atoms with Gasteiger partial charge in [-0.15, -0.1) is 0 Å². The first kappa shape index (κ1) is 9.20. The Labute approximate surface area is 73.6 Å². The van der Waals surface area contributed by atoms with E-state index < -0.39 is 0 Å².